The molecule has 31 heavy (non-hydrogen) atoms. The summed E-state index contributed by atoms with van der Waals surface area (Å²) in [6.07, 6.45) is 0. The normalized spacial score (nSPS) is 13.8. The average molecular weight is 437 g/mol. The van der Waals surface area contributed by atoms with Gasteiger partial charge in [0, 0.05) is 11.0 Å². The summed E-state index contributed by atoms with van der Waals surface area (Å²) in [5, 5.41) is 0. The summed E-state index contributed by atoms with van der Waals surface area (Å²) >= 11 is 1.13. The Bertz CT molecular complexity index is 1180. The molecule has 0 aliphatic carbocycles. The summed E-state index contributed by atoms with van der Waals surface area (Å²) in [6, 6.07) is 18.6. The van der Waals surface area contributed by atoms with Gasteiger partial charge in [0.25, 0.3) is 11.8 Å². The van der Waals surface area contributed by atoms with Crippen molar-refractivity contribution in [3.8, 4) is 5.75 Å². The van der Waals surface area contributed by atoms with Crippen molar-refractivity contribution in [1.29, 1.82) is 0 Å². The Morgan fingerprint density at radius 3 is 2.26 bits per heavy atom. The molecule has 3 aromatic rings. The third kappa shape index (κ3) is 4.09. The molecule has 0 radical (unpaired) electrons. The number of thioether (sulfide) groups is 1. The lowest BCUT2D eigenvalue weighted by Gasteiger charge is -2.16. The molecule has 1 heterocycles. The van der Waals surface area contributed by atoms with Gasteiger partial charge in [-0.3, -0.25) is 9.59 Å². The summed E-state index contributed by atoms with van der Waals surface area (Å²) in [5.41, 5.74) is 0.374. The Morgan fingerprint density at radius 2 is 1.61 bits per heavy atom. The second-order valence-corrected chi connectivity index (χ2v) is 7.70. The zero-order valence-electron chi connectivity index (χ0n) is 16.5. The molecule has 0 aromatic heterocycles. The fraction of sp³-hybridized carbons (Fsp3) is 0.0833. The van der Waals surface area contributed by atoms with Crippen LogP contribution >= 0.6 is 11.8 Å². The van der Waals surface area contributed by atoms with Crippen LogP contribution in [0.25, 0.3) is 5.57 Å². The molecule has 7 heteroatoms. The van der Waals surface area contributed by atoms with Crippen LogP contribution in [0, 0.1) is 11.6 Å². The van der Waals surface area contributed by atoms with E-state index in [-0.39, 0.29) is 16.2 Å². The van der Waals surface area contributed by atoms with E-state index in [1.165, 1.54) is 0 Å². The number of imide groups is 1. The number of carbonyl (C=O) groups is 2. The van der Waals surface area contributed by atoms with Gasteiger partial charge < -0.3 is 4.74 Å². The van der Waals surface area contributed by atoms with Crippen LogP contribution in [0.1, 0.15) is 12.5 Å². The Kier molecular flexibility index (Phi) is 5.86. The zero-order chi connectivity index (χ0) is 22.0. The van der Waals surface area contributed by atoms with Crippen molar-refractivity contribution in [2.45, 2.75) is 11.8 Å². The van der Waals surface area contributed by atoms with Gasteiger partial charge in [0.2, 0.25) is 0 Å². The van der Waals surface area contributed by atoms with E-state index in [0.29, 0.717) is 24.0 Å². The van der Waals surface area contributed by atoms with Gasteiger partial charge in [-0.1, -0.05) is 42.1 Å². The number of amides is 2. The van der Waals surface area contributed by atoms with Crippen molar-refractivity contribution in [2.75, 3.05) is 11.5 Å². The molecule has 0 bridgehead atoms. The number of ether oxygens (including phenoxy) is 1. The highest BCUT2D eigenvalue weighted by Gasteiger charge is 2.41. The molecule has 0 saturated carbocycles. The maximum Gasteiger partial charge on any atom is 0.273 e. The second kappa shape index (κ2) is 8.73. The fourth-order valence-electron chi connectivity index (χ4n) is 3.23. The van der Waals surface area contributed by atoms with E-state index in [4.69, 9.17) is 4.74 Å². The van der Waals surface area contributed by atoms with Crippen LogP contribution in [0.5, 0.6) is 5.75 Å². The first kappa shape index (κ1) is 20.8. The Hall–Kier alpha value is -3.45. The SMILES string of the molecule is CCOc1ccc(C2=C(Sc3ccccc3)C(=O)N(c3ccc(F)cc3F)C2=O)cc1. The minimum atomic E-state index is -0.987. The number of carbonyl (C=O) groups excluding carboxylic acids is 2. The molecule has 3 aromatic carbocycles. The third-order valence-electron chi connectivity index (χ3n) is 4.61. The average Bonchev–Trinajstić information content (AvgIpc) is 3.00. The molecule has 1 aliphatic heterocycles. The molecule has 0 fully saturated rings. The van der Waals surface area contributed by atoms with Crippen molar-refractivity contribution in [1.82, 2.24) is 0 Å². The lowest BCUT2D eigenvalue weighted by Crippen LogP contribution is -2.32. The minimum Gasteiger partial charge on any atom is -0.494 e. The predicted molar refractivity (Wildman–Crippen MR) is 116 cm³/mol. The topological polar surface area (TPSA) is 46.6 Å². The van der Waals surface area contributed by atoms with E-state index < -0.39 is 23.4 Å². The summed E-state index contributed by atoms with van der Waals surface area (Å²) in [6.45, 7) is 2.35. The smallest absolute Gasteiger partial charge is 0.273 e. The second-order valence-electron chi connectivity index (χ2n) is 6.62. The quantitative estimate of drug-likeness (QED) is 0.482. The van der Waals surface area contributed by atoms with Gasteiger partial charge in [0.05, 0.1) is 22.8 Å². The zero-order valence-corrected chi connectivity index (χ0v) is 17.3. The lowest BCUT2D eigenvalue weighted by atomic mass is 10.1. The van der Waals surface area contributed by atoms with E-state index in [1.54, 1.807) is 24.3 Å². The molecule has 0 atom stereocenters. The molecule has 0 spiro atoms. The van der Waals surface area contributed by atoms with Crippen molar-refractivity contribution in [2.24, 2.45) is 0 Å². The van der Waals surface area contributed by atoms with Crippen LogP contribution in [0.2, 0.25) is 0 Å². The Balaban J connectivity index is 1.80. The largest absolute Gasteiger partial charge is 0.494 e. The lowest BCUT2D eigenvalue weighted by molar-refractivity contribution is -0.119. The molecule has 2 amide bonds. The number of rotatable bonds is 6. The molecular weight excluding hydrogens is 420 g/mol. The maximum atomic E-state index is 14.4. The van der Waals surface area contributed by atoms with E-state index >= 15 is 0 Å². The van der Waals surface area contributed by atoms with E-state index in [9.17, 15) is 18.4 Å². The minimum absolute atomic E-state index is 0.158. The van der Waals surface area contributed by atoms with Gasteiger partial charge in [-0.25, -0.2) is 13.7 Å². The predicted octanol–water partition coefficient (Wildman–Crippen LogP) is 5.44. The number of halogens is 2. The standard InChI is InChI=1S/C24H17F2NO3S/c1-2-30-17-11-8-15(9-12-17)21-22(31-18-6-4-3-5-7-18)24(29)27(23(21)28)20-13-10-16(25)14-19(20)26/h3-14H,2H2,1H3. The van der Waals surface area contributed by atoms with Gasteiger partial charge in [-0.05, 0) is 48.9 Å². The van der Waals surface area contributed by atoms with E-state index in [1.807, 2.05) is 37.3 Å². The van der Waals surface area contributed by atoms with Crippen LogP contribution in [-0.4, -0.2) is 18.4 Å². The van der Waals surface area contributed by atoms with Gasteiger partial charge in [-0.15, -0.1) is 0 Å². The van der Waals surface area contributed by atoms with Crippen molar-refractivity contribution in [3.05, 3.63) is 94.9 Å². The molecule has 1 aliphatic rings. The molecule has 156 valence electrons. The van der Waals surface area contributed by atoms with Crippen molar-refractivity contribution < 1.29 is 23.1 Å². The van der Waals surface area contributed by atoms with Gasteiger partial charge >= 0.3 is 0 Å². The number of benzene rings is 3. The first-order valence-corrected chi connectivity index (χ1v) is 10.4. The van der Waals surface area contributed by atoms with E-state index in [0.717, 1.165) is 33.7 Å². The van der Waals surface area contributed by atoms with E-state index in [2.05, 4.69) is 0 Å². The van der Waals surface area contributed by atoms with Crippen LogP contribution in [0.3, 0.4) is 0 Å². The molecule has 0 N–H and O–H groups in total. The Labute approximate surface area is 182 Å². The number of anilines is 1. The number of hydrogen-bond donors (Lipinski definition) is 0. The third-order valence-corrected chi connectivity index (χ3v) is 5.70. The first-order valence-electron chi connectivity index (χ1n) is 9.54. The highest BCUT2D eigenvalue weighted by Crippen LogP contribution is 2.42. The van der Waals surface area contributed by atoms with Gasteiger partial charge in [-0.2, -0.15) is 0 Å². The molecule has 4 rings (SSSR count). The fourth-order valence-corrected chi connectivity index (χ4v) is 4.25. The maximum absolute atomic E-state index is 14.4. The summed E-state index contributed by atoms with van der Waals surface area (Å²) in [4.78, 5) is 28.2. The van der Waals surface area contributed by atoms with Crippen LogP contribution < -0.4 is 9.64 Å². The molecule has 0 unspecified atom stereocenters. The van der Waals surface area contributed by atoms with Gasteiger partial charge in [0.15, 0.2) is 0 Å². The van der Waals surface area contributed by atoms with Gasteiger partial charge in [0.1, 0.15) is 17.4 Å². The number of hydrogen-bond acceptors (Lipinski definition) is 4. The monoisotopic (exact) mass is 437 g/mol. The summed E-state index contributed by atoms with van der Waals surface area (Å²) < 4.78 is 33.3. The van der Waals surface area contributed by atoms with Crippen molar-refractivity contribution >= 4 is 34.8 Å². The summed E-state index contributed by atoms with van der Waals surface area (Å²) in [7, 11) is 0. The first-order chi connectivity index (χ1) is 15.0. The highest BCUT2D eigenvalue weighted by atomic mass is 32.2. The molecular formula is C24H17F2NO3S. The van der Waals surface area contributed by atoms with Crippen LogP contribution in [0.15, 0.2) is 82.6 Å². The molecule has 4 nitrogen and oxygen atoms in total. The summed E-state index contributed by atoms with van der Waals surface area (Å²) in [5.74, 6) is -2.48. The Morgan fingerprint density at radius 1 is 0.903 bits per heavy atom. The highest BCUT2D eigenvalue weighted by molar-refractivity contribution is 8.04. The van der Waals surface area contributed by atoms with Crippen LogP contribution in [-0.2, 0) is 9.59 Å². The molecule has 0 saturated heterocycles. The van der Waals surface area contributed by atoms with Crippen LogP contribution in [0.4, 0.5) is 14.5 Å². The number of nitrogens with zero attached hydrogens (tertiary/aromatic N) is 1. The van der Waals surface area contributed by atoms with Crippen molar-refractivity contribution in [3.63, 3.8) is 0 Å².